The highest BCUT2D eigenvalue weighted by molar-refractivity contribution is 7.91. The highest BCUT2D eigenvalue weighted by Crippen LogP contribution is 2.21. The maximum atomic E-state index is 12.2. The van der Waals surface area contributed by atoms with Crippen LogP contribution in [0.3, 0.4) is 0 Å². The van der Waals surface area contributed by atoms with Gasteiger partial charge in [-0.1, -0.05) is 0 Å². The Hall–Kier alpha value is -1.70. The van der Waals surface area contributed by atoms with Gasteiger partial charge in [-0.15, -0.1) is 10.2 Å². The summed E-state index contributed by atoms with van der Waals surface area (Å²) < 4.78 is 23.1. The summed E-state index contributed by atoms with van der Waals surface area (Å²) in [6.45, 7) is 1.56. The van der Waals surface area contributed by atoms with Crippen molar-refractivity contribution >= 4 is 21.6 Å². The molecule has 0 bridgehead atoms. The van der Waals surface area contributed by atoms with Gasteiger partial charge in [-0.05, 0) is 31.4 Å². The van der Waals surface area contributed by atoms with Crippen molar-refractivity contribution in [1.82, 2.24) is 15.1 Å². The number of anilines is 1. The lowest BCUT2D eigenvalue weighted by Crippen LogP contribution is -2.34. The zero-order valence-electron chi connectivity index (χ0n) is 12.6. The second-order valence-corrected chi connectivity index (χ2v) is 8.17. The van der Waals surface area contributed by atoms with Crippen molar-refractivity contribution in [1.29, 1.82) is 0 Å². The standard InChI is InChI=1S/C14H20N4O3S/c1-17(11-6-9-22(20,21)10-11)13-5-4-12(15-16-13)14(19)18-7-2-3-8-18/h4-5,11H,2-3,6-10H2,1H3. The molecule has 0 saturated carbocycles. The van der Waals surface area contributed by atoms with Crippen molar-refractivity contribution in [2.24, 2.45) is 0 Å². The molecule has 0 aliphatic carbocycles. The normalized spacial score (nSPS) is 23.7. The first-order chi connectivity index (χ1) is 10.5. The minimum Gasteiger partial charge on any atom is -0.354 e. The minimum atomic E-state index is -2.93. The van der Waals surface area contributed by atoms with E-state index >= 15 is 0 Å². The largest absolute Gasteiger partial charge is 0.354 e. The number of carbonyl (C=O) groups excluding carboxylic acids is 1. The number of hydrogen-bond donors (Lipinski definition) is 0. The molecule has 0 radical (unpaired) electrons. The summed E-state index contributed by atoms with van der Waals surface area (Å²) in [5, 5.41) is 8.12. The molecule has 7 nitrogen and oxygen atoms in total. The summed E-state index contributed by atoms with van der Waals surface area (Å²) in [6.07, 6.45) is 2.68. The lowest BCUT2D eigenvalue weighted by Gasteiger charge is -2.24. The molecular weight excluding hydrogens is 304 g/mol. The van der Waals surface area contributed by atoms with E-state index in [1.165, 1.54) is 0 Å². The number of likely N-dealkylation sites (tertiary alicyclic amines) is 1. The molecule has 2 fully saturated rings. The van der Waals surface area contributed by atoms with Crippen LogP contribution in [-0.2, 0) is 9.84 Å². The van der Waals surface area contributed by atoms with Gasteiger partial charge in [0.25, 0.3) is 5.91 Å². The number of amides is 1. The molecule has 3 heterocycles. The summed E-state index contributed by atoms with van der Waals surface area (Å²) in [5.74, 6) is 0.892. The van der Waals surface area contributed by atoms with Gasteiger partial charge >= 0.3 is 0 Å². The van der Waals surface area contributed by atoms with E-state index in [-0.39, 0.29) is 23.5 Å². The summed E-state index contributed by atoms with van der Waals surface area (Å²) in [6, 6.07) is 3.34. The molecule has 8 heteroatoms. The van der Waals surface area contributed by atoms with Gasteiger partial charge in [0, 0.05) is 26.2 Å². The smallest absolute Gasteiger partial charge is 0.274 e. The van der Waals surface area contributed by atoms with Crippen molar-refractivity contribution in [3.8, 4) is 0 Å². The number of rotatable bonds is 3. The zero-order valence-corrected chi connectivity index (χ0v) is 13.4. The first-order valence-electron chi connectivity index (χ1n) is 7.52. The molecule has 2 saturated heterocycles. The summed E-state index contributed by atoms with van der Waals surface area (Å²) in [4.78, 5) is 15.8. The van der Waals surface area contributed by atoms with E-state index in [2.05, 4.69) is 10.2 Å². The van der Waals surface area contributed by atoms with Crippen molar-refractivity contribution < 1.29 is 13.2 Å². The van der Waals surface area contributed by atoms with Gasteiger partial charge in [-0.25, -0.2) is 8.42 Å². The Morgan fingerprint density at radius 2 is 2.00 bits per heavy atom. The van der Waals surface area contributed by atoms with Gasteiger partial charge in [0.15, 0.2) is 21.3 Å². The maximum absolute atomic E-state index is 12.2. The number of carbonyl (C=O) groups is 1. The number of sulfone groups is 1. The molecule has 1 atom stereocenters. The van der Waals surface area contributed by atoms with Gasteiger partial charge in [-0.3, -0.25) is 4.79 Å². The molecule has 3 rings (SSSR count). The van der Waals surface area contributed by atoms with Crippen molar-refractivity contribution in [2.75, 3.05) is 36.5 Å². The minimum absolute atomic E-state index is 0.0700. The van der Waals surface area contributed by atoms with Gasteiger partial charge in [0.1, 0.15) is 0 Å². The molecule has 0 spiro atoms. The van der Waals surface area contributed by atoms with Crippen LogP contribution in [0.4, 0.5) is 5.82 Å². The van der Waals surface area contributed by atoms with E-state index in [0.29, 0.717) is 17.9 Å². The zero-order chi connectivity index (χ0) is 15.7. The highest BCUT2D eigenvalue weighted by Gasteiger charge is 2.31. The summed E-state index contributed by atoms with van der Waals surface area (Å²) in [5.41, 5.74) is 0.345. The van der Waals surface area contributed by atoms with Gasteiger partial charge in [0.2, 0.25) is 0 Å². The van der Waals surface area contributed by atoms with Crippen LogP contribution in [0.2, 0.25) is 0 Å². The summed E-state index contributed by atoms with van der Waals surface area (Å²) >= 11 is 0. The van der Waals surface area contributed by atoms with Crippen LogP contribution in [0.25, 0.3) is 0 Å². The molecule has 1 unspecified atom stereocenters. The third kappa shape index (κ3) is 3.06. The van der Waals surface area contributed by atoms with Crippen LogP contribution in [-0.4, -0.2) is 67.1 Å². The molecule has 120 valence electrons. The van der Waals surface area contributed by atoms with Crippen LogP contribution in [0.15, 0.2) is 12.1 Å². The van der Waals surface area contributed by atoms with Gasteiger partial charge < -0.3 is 9.80 Å². The fraction of sp³-hybridized carbons (Fsp3) is 0.643. The Morgan fingerprint density at radius 1 is 1.27 bits per heavy atom. The van der Waals surface area contributed by atoms with Crippen molar-refractivity contribution in [2.45, 2.75) is 25.3 Å². The highest BCUT2D eigenvalue weighted by atomic mass is 32.2. The first kappa shape index (κ1) is 15.2. The van der Waals surface area contributed by atoms with Gasteiger partial charge in [0.05, 0.1) is 11.5 Å². The number of nitrogens with zero attached hydrogens (tertiary/aromatic N) is 4. The Morgan fingerprint density at radius 3 is 2.55 bits per heavy atom. The van der Waals surface area contributed by atoms with E-state index in [9.17, 15) is 13.2 Å². The van der Waals surface area contributed by atoms with Crippen molar-refractivity contribution in [3.05, 3.63) is 17.8 Å². The first-order valence-corrected chi connectivity index (χ1v) is 9.35. The van der Waals surface area contributed by atoms with Crippen LogP contribution >= 0.6 is 0 Å². The Kier molecular flexibility index (Phi) is 4.03. The van der Waals surface area contributed by atoms with E-state index in [4.69, 9.17) is 0 Å². The monoisotopic (exact) mass is 324 g/mol. The SMILES string of the molecule is CN(c1ccc(C(=O)N2CCCC2)nn1)C1CCS(=O)(=O)C1. The maximum Gasteiger partial charge on any atom is 0.274 e. The molecule has 1 amide bonds. The lowest BCUT2D eigenvalue weighted by atomic mass is 10.2. The fourth-order valence-corrected chi connectivity index (χ4v) is 4.75. The predicted molar refractivity (Wildman–Crippen MR) is 82.6 cm³/mol. The van der Waals surface area contributed by atoms with Crippen LogP contribution in [0, 0.1) is 0 Å². The topological polar surface area (TPSA) is 83.5 Å². The third-order valence-corrected chi connectivity index (χ3v) is 6.13. The molecule has 1 aromatic rings. The van der Waals surface area contributed by atoms with Crippen LogP contribution in [0.1, 0.15) is 29.8 Å². The van der Waals surface area contributed by atoms with Crippen molar-refractivity contribution in [3.63, 3.8) is 0 Å². The number of hydrogen-bond acceptors (Lipinski definition) is 6. The molecule has 1 aromatic heterocycles. The second-order valence-electron chi connectivity index (χ2n) is 5.94. The number of aromatic nitrogens is 2. The molecule has 0 aromatic carbocycles. The molecular formula is C14H20N4O3S. The Labute approximate surface area is 130 Å². The quantitative estimate of drug-likeness (QED) is 0.797. The summed E-state index contributed by atoms with van der Waals surface area (Å²) in [7, 11) is -1.11. The Balaban J connectivity index is 1.70. The van der Waals surface area contributed by atoms with Gasteiger partial charge in [-0.2, -0.15) is 0 Å². The average molecular weight is 324 g/mol. The molecule has 0 N–H and O–H groups in total. The molecule has 2 aliphatic heterocycles. The van der Waals surface area contributed by atoms with E-state index in [0.717, 1.165) is 25.9 Å². The molecule has 2 aliphatic rings. The van der Waals surface area contributed by atoms with Crippen LogP contribution < -0.4 is 4.90 Å². The predicted octanol–water partition coefficient (Wildman–Crippen LogP) is 0.336. The second kappa shape index (κ2) is 5.83. The lowest BCUT2D eigenvalue weighted by molar-refractivity contribution is 0.0786. The van der Waals surface area contributed by atoms with E-state index < -0.39 is 9.84 Å². The average Bonchev–Trinajstić information content (AvgIpc) is 3.15. The van der Waals surface area contributed by atoms with Crippen LogP contribution in [0.5, 0.6) is 0 Å². The third-order valence-electron chi connectivity index (χ3n) is 4.38. The fourth-order valence-electron chi connectivity index (χ4n) is 2.98. The Bertz CT molecular complexity index is 653. The van der Waals surface area contributed by atoms with E-state index in [1.807, 2.05) is 11.9 Å². The molecule has 22 heavy (non-hydrogen) atoms. The van der Waals surface area contributed by atoms with E-state index in [1.54, 1.807) is 17.0 Å².